The maximum atomic E-state index is 11.5. The van der Waals surface area contributed by atoms with Gasteiger partial charge in [0.15, 0.2) is 0 Å². The van der Waals surface area contributed by atoms with Crippen molar-refractivity contribution < 1.29 is 14.3 Å². The van der Waals surface area contributed by atoms with E-state index in [9.17, 15) is 9.59 Å². The number of carbonyl (C=O) groups is 2. The molecule has 86 valence electrons. The zero-order valence-electron chi connectivity index (χ0n) is 9.32. The third-order valence-electron chi connectivity index (χ3n) is 1.82. The van der Waals surface area contributed by atoms with Gasteiger partial charge in [0.2, 0.25) is 0 Å². The van der Waals surface area contributed by atoms with Crippen LogP contribution in [-0.4, -0.2) is 30.0 Å². The van der Waals surface area contributed by atoms with Gasteiger partial charge in [0.05, 0.1) is 6.61 Å². The molecule has 0 aliphatic carbocycles. The Kier molecular flexibility index (Phi) is 4.44. The Labute approximate surface area is 93.8 Å². The summed E-state index contributed by atoms with van der Waals surface area (Å²) in [6.45, 7) is 3.67. The zero-order valence-corrected chi connectivity index (χ0v) is 9.32. The number of nitrogens with one attached hydrogen (secondary N) is 1. The first-order chi connectivity index (χ1) is 7.63. The number of rotatable bonds is 4. The summed E-state index contributed by atoms with van der Waals surface area (Å²) in [4.78, 5) is 26.5. The number of nitrogens with zero attached hydrogens (tertiary/aromatic N) is 1. The van der Waals surface area contributed by atoms with E-state index < -0.39 is 5.97 Å². The average Bonchev–Trinajstić information content (AvgIpc) is 2.26. The van der Waals surface area contributed by atoms with Gasteiger partial charge in [-0.2, -0.15) is 0 Å². The molecule has 1 aromatic heterocycles. The number of esters is 1. The second-order valence-electron chi connectivity index (χ2n) is 3.15. The van der Waals surface area contributed by atoms with Crippen LogP contribution in [0.15, 0.2) is 18.2 Å². The molecule has 5 heteroatoms. The molecule has 0 atom stereocenters. The van der Waals surface area contributed by atoms with Crippen LogP contribution < -0.4 is 5.32 Å². The van der Waals surface area contributed by atoms with Crippen molar-refractivity contribution in [2.45, 2.75) is 13.8 Å². The summed E-state index contributed by atoms with van der Waals surface area (Å²) in [6.07, 6.45) is 0. The fourth-order valence-corrected chi connectivity index (χ4v) is 1.12. The minimum Gasteiger partial charge on any atom is -0.465 e. The molecule has 0 aromatic carbocycles. The summed E-state index contributed by atoms with van der Waals surface area (Å²) in [5.41, 5.74) is 1.05. The third kappa shape index (κ3) is 3.68. The lowest BCUT2D eigenvalue weighted by Crippen LogP contribution is -2.31. The second kappa shape index (κ2) is 5.85. The number of amides is 1. The van der Waals surface area contributed by atoms with Crippen LogP contribution in [0.4, 0.5) is 0 Å². The largest absolute Gasteiger partial charge is 0.465 e. The van der Waals surface area contributed by atoms with Crippen LogP contribution in [0, 0.1) is 6.92 Å². The maximum Gasteiger partial charge on any atom is 0.325 e. The van der Waals surface area contributed by atoms with E-state index in [2.05, 4.69) is 15.0 Å². The Morgan fingerprint density at radius 2 is 2.19 bits per heavy atom. The predicted molar refractivity (Wildman–Crippen MR) is 57.9 cm³/mol. The summed E-state index contributed by atoms with van der Waals surface area (Å²) in [7, 11) is 0. The van der Waals surface area contributed by atoms with Crippen molar-refractivity contribution in [3.8, 4) is 0 Å². The molecule has 0 fully saturated rings. The molecule has 0 aliphatic heterocycles. The number of ether oxygens (including phenoxy) is 1. The molecule has 1 amide bonds. The molecule has 0 spiro atoms. The molecule has 0 unspecified atom stereocenters. The quantitative estimate of drug-likeness (QED) is 0.761. The van der Waals surface area contributed by atoms with Gasteiger partial charge in [-0.05, 0) is 26.0 Å². The molecular formula is C11H14N2O3. The standard InChI is InChI=1S/C11H14N2O3/c1-3-16-10(14)7-12-11(15)9-6-4-5-8(2)13-9/h4-6H,3,7H2,1-2H3,(H,12,15). The number of hydrogen-bond acceptors (Lipinski definition) is 4. The molecule has 0 bridgehead atoms. The fraction of sp³-hybridized carbons (Fsp3) is 0.364. The highest BCUT2D eigenvalue weighted by Gasteiger charge is 2.09. The first-order valence-corrected chi connectivity index (χ1v) is 5.01. The molecule has 16 heavy (non-hydrogen) atoms. The van der Waals surface area contributed by atoms with Crippen LogP contribution in [0.1, 0.15) is 23.1 Å². The summed E-state index contributed by atoms with van der Waals surface area (Å²) < 4.78 is 4.68. The van der Waals surface area contributed by atoms with Gasteiger partial charge in [-0.1, -0.05) is 6.07 Å². The van der Waals surface area contributed by atoms with Crippen LogP contribution in [0.3, 0.4) is 0 Å². The van der Waals surface area contributed by atoms with Crippen LogP contribution in [-0.2, 0) is 9.53 Å². The average molecular weight is 222 g/mol. The minimum atomic E-state index is -0.455. The Balaban J connectivity index is 2.50. The van der Waals surface area contributed by atoms with E-state index in [1.54, 1.807) is 32.0 Å². The van der Waals surface area contributed by atoms with E-state index in [4.69, 9.17) is 0 Å². The van der Waals surface area contributed by atoms with E-state index in [1.165, 1.54) is 0 Å². The van der Waals surface area contributed by atoms with Gasteiger partial charge >= 0.3 is 5.97 Å². The summed E-state index contributed by atoms with van der Waals surface area (Å²) in [6, 6.07) is 5.12. The van der Waals surface area contributed by atoms with Gasteiger partial charge in [0.25, 0.3) is 5.91 Å². The molecule has 5 nitrogen and oxygen atoms in total. The first-order valence-electron chi connectivity index (χ1n) is 5.01. The highest BCUT2D eigenvalue weighted by Crippen LogP contribution is 1.97. The van der Waals surface area contributed by atoms with Gasteiger partial charge in [-0.25, -0.2) is 4.98 Å². The predicted octanol–water partition coefficient (Wildman–Crippen LogP) is 0.683. The molecule has 1 heterocycles. The van der Waals surface area contributed by atoms with Crippen molar-refractivity contribution in [3.63, 3.8) is 0 Å². The molecule has 0 radical (unpaired) electrons. The SMILES string of the molecule is CCOC(=O)CNC(=O)c1cccc(C)n1. The molecule has 0 aliphatic rings. The zero-order chi connectivity index (χ0) is 12.0. The minimum absolute atomic E-state index is 0.137. The van der Waals surface area contributed by atoms with E-state index in [0.717, 1.165) is 5.69 Å². The second-order valence-corrected chi connectivity index (χ2v) is 3.15. The molecule has 0 saturated carbocycles. The highest BCUT2D eigenvalue weighted by molar-refractivity contribution is 5.94. The van der Waals surface area contributed by atoms with Gasteiger partial charge in [-0.3, -0.25) is 9.59 Å². The molecule has 0 saturated heterocycles. The van der Waals surface area contributed by atoms with E-state index in [-0.39, 0.29) is 12.5 Å². The fourth-order valence-electron chi connectivity index (χ4n) is 1.12. The third-order valence-corrected chi connectivity index (χ3v) is 1.82. The van der Waals surface area contributed by atoms with Crippen LogP contribution in [0.2, 0.25) is 0 Å². The molecule has 1 aromatic rings. The van der Waals surface area contributed by atoms with Gasteiger partial charge < -0.3 is 10.1 Å². The first kappa shape index (κ1) is 12.2. The lowest BCUT2D eigenvalue weighted by molar-refractivity contribution is -0.141. The van der Waals surface area contributed by atoms with Crippen molar-refractivity contribution in [1.82, 2.24) is 10.3 Å². The topological polar surface area (TPSA) is 68.3 Å². The Hall–Kier alpha value is -1.91. The van der Waals surface area contributed by atoms with Gasteiger partial charge in [0.1, 0.15) is 12.2 Å². The molecular weight excluding hydrogens is 208 g/mol. The highest BCUT2D eigenvalue weighted by atomic mass is 16.5. The molecule has 1 N–H and O–H groups in total. The summed E-state index contributed by atoms with van der Waals surface area (Å²) in [5, 5.41) is 2.43. The van der Waals surface area contributed by atoms with Crippen molar-refractivity contribution in [2.24, 2.45) is 0 Å². The number of aromatic nitrogens is 1. The van der Waals surface area contributed by atoms with E-state index in [1.807, 2.05) is 0 Å². The number of aryl methyl sites for hydroxylation is 1. The Morgan fingerprint density at radius 1 is 1.44 bits per heavy atom. The van der Waals surface area contributed by atoms with E-state index >= 15 is 0 Å². The number of carbonyl (C=O) groups excluding carboxylic acids is 2. The lowest BCUT2D eigenvalue weighted by Gasteiger charge is -2.04. The Bertz CT molecular complexity index is 391. The summed E-state index contributed by atoms with van der Waals surface area (Å²) >= 11 is 0. The maximum absolute atomic E-state index is 11.5. The van der Waals surface area contributed by atoms with Crippen LogP contribution >= 0.6 is 0 Å². The normalized spacial score (nSPS) is 9.62. The van der Waals surface area contributed by atoms with Crippen molar-refractivity contribution in [1.29, 1.82) is 0 Å². The van der Waals surface area contributed by atoms with Crippen LogP contribution in [0.25, 0.3) is 0 Å². The number of hydrogen-bond donors (Lipinski definition) is 1. The van der Waals surface area contributed by atoms with Crippen molar-refractivity contribution in [3.05, 3.63) is 29.6 Å². The van der Waals surface area contributed by atoms with E-state index in [0.29, 0.717) is 12.3 Å². The smallest absolute Gasteiger partial charge is 0.325 e. The van der Waals surface area contributed by atoms with Gasteiger partial charge in [0, 0.05) is 5.69 Å². The van der Waals surface area contributed by atoms with Crippen LogP contribution in [0.5, 0.6) is 0 Å². The Morgan fingerprint density at radius 3 is 2.81 bits per heavy atom. The lowest BCUT2D eigenvalue weighted by atomic mass is 10.3. The molecule has 1 rings (SSSR count). The summed E-state index contributed by atoms with van der Waals surface area (Å²) in [5.74, 6) is -0.833. The number of pyridine rings is 1. The van der Waals surface area contributed by atoms with Gasteiger partial charge in [-0.15, -0.1) is 0 Å². The monoisotopic (exact) mass is 222 g/mol. The van der Waals surface area contributed by atoms with Crippen molar-refractivity contribution >= 4 is 11.9 Å². The van der Waals surface area contributed by atoms with Crippen molar-refractivity contribution in [2.75, 3.05) is 13.2 Å².